The van der Waals surface area contributed by atoms with Gasteiger partial charge in [-0.05, 0) is 29.5 Å². The van der Waals surface area contributed by atoms with Crippen molar-refractivity contribution in [3.63, 3.8) is 0 Å². The first-order valence-corrected chi connectivity index (χ1v) is 5.04. The van der Waals surface area contributed by atoms with Gasteiger partial charge in [-0.15, -0.1) is 0 Å². The van der Waals surface area contributed by atoms with Gasteiger partial charge in [0.2, 0.25) is 0 Å². The molecule has 0 spiro atoms. The molecule has 0 saturated heterocycles. The number of aryl methyl sites for hydroxylation is 1. The summed E-state index contributed by atoms with van der Waals surface area (Å²) < 4.78 is 0. The molecule has 0 aliphatic rings. The van der Waals surface area contributed by atoms with E-state index < -0.39 is 0 Å². The highest BCUT2D eigenvalue weighted by Gasteiger charge is 2.00. The number of hydrogen-bond donors (Lipinski definition) is 0. The van der Waals surface area contributed by atoms with Crippen LogP contribution in [-0.4, -0.2) is 0 Å². The van der Waals surface area contributed by atoms with Crippen molar-refractivity contribution in [1.82, 2.24) is 0 Å². The van der Waals surface area contributed by atoms with Crippen LogP contribution < -0.4 is 0 Å². The fourth-order valence-electron chi connectivity index (χ4n) is 1.37. The number of benzene rings is 1. The van der Waals surface area contributed by atoms with Gasteiger partial charge in [0.05, 0.1) is 0 Å². The lowest BCUT2D eigenvalue weighted by Crippen LogP contribution is -1.89. The van der Waals surface area contributed by atoms with Crippen LogP contribution in [0, 0.1) is 6.92 Å². The van der Waals surface area contributed by atoms with E-state index in [2.05, 4.69) is 51.6 Å². The topological polar surface area (TPSA) is 0 Å². The van der Waals surface area contributed by atoms with E-state index >= 15 is 0 Å². The summed E-state index contributed by atoms with van der Waals surface area (Å²) in [5.41, 5.74) is 3.99. The van der Waals surface area contributed by atoms with Gasteiger partial charge in [0.15, 0.2) is 0 Å². The Kier molecular flexibility index (Phi) is 3.70. The van der Waals surface area contributed by atoms with E-state index in [1.54, 1.807) is 0 Å². The van der Waals surface area contributed by atoms with E-state index in [0.717, 1.165) is 0 Å². The van der Waals surface area contributed by atoms with Crippen LogP contribution in [0.15, 0.2) is 36.9 Å². The van der Waals surface area contributed by atoms with Crippen LogP contribution in [0.4, 0.5) is 0 Å². The molecular formula is C14H18. The summed E-state index contributed by atoms with van der Waals surface area (Å²) in [5.74, 6) is 0.589. The van der Waals surface area contributed by atoms with Crippen molar-refractivity contribution in [1.29, 1.82) is 0 Å². The maximum absolute atomic E-state index is 3.68. The predicted octanol–water partition coefficient (Wildman–Crippen LogP) is 4.32. The molecule has 74 valence electrons. The molecule has 1 rings (SSSR count). The minimum Gasteiger partial charge on any atom is -0.0991 e. The van der Waals surface area contributed by atoms with E-state index in [1.807, 2.05) is 12.2 Å². The van der Waals surface area contributed by atoms with Gasteiger partial charge in [-0.3, -0.25) is 0 Å². The Balaban J connectivity index is 3.08. The fraction of sp³-hybridized carbons (Fsp3) is 0.286. The summed E-state index contributed by atoms with van der Waals surface area (Å²) >= 11 is 0. The monoisotopic (exact) mass is 186 g/mol. The van der Waals surface area contributed by atoms with Crippen molar-refractivity contribution in [3.8, 4) is 0 Å². The minimum absolute atomic E-state index is 0.589. The van der Waals surface area contributed by atoms with Crippen molar-refractivity contribution in [2.24, 2.45) is 0 Å². The summed E-state index contributed by atoms with van der Waals surface area (Å²) in [6, 6.07) is 6.63. The highest BCUT2D eigenvalue weighted by molar-refractivity contribution is 5.56. The Bertz CT molecular complexity index is 343. The van der Waals surface area contributed by atoms with Gasteiger partial charge in [-0.1, -0.05) is 56.9 Å². The number of allylic oxidation sites excluding steroid dienone is 2. The van der Waals surface area contributed by atoms with Crippen molar-refractivity contribution < 1.29 is 0 Å². The lowest BCUT2D eigenvalue weighted by atomic mass is 9.98. The number of rotatable bonds is 3. The van der Waals surface area contributed by atoms with Crippen LogP contribution >= 0.6 is 0 Å². The molecule has 0 radical (unpaired) electrons. The molecule has 0 unspecified atom stereocenters. The fourth-order valence-corrected chi connectivity index (χ4v) is 1.37. The summed E-state index contributed by atoms with van der Waals surface area (Å²) in [4.78, 5) is 0. The Hall–Kier alpha value is -1.30. The molecule has 0 amide bonds. The smallest absolute Gasteiger partial charge is 0.0219 e. The molecule has 0 bridgehead atoms. The minimum atomic E-state index is 0.589. The van der Waals surface area contributed by atoms with E-state index in [-0.39, 0.29) is 0 Å². The Morgan fingerprint density at radius 1 is 1.29 bits per heavy atom. The van der Waals surface area contributed by atoms with E-state index in [1.165, 1.54) is 16.7 Å². The third kappa shape index (κ3) is 2.59. The van der Waals surface area contributed by atoms with Crippen molar-refractivity contribution >= 4 is 6.08 Å². The summed E-state index contributed by atoms with van der Waals surface area (Å²) in [7, 11) is 0. The van der Waals surface area contributed by atoms with Crippen LogP contribution in [0.25, 0.3) is 6.08 Å². The Morgan fingerprint density at radius 3 is 2.57 bits per heavy atom. The second-order valence-corrected chi connectivity index (χ2v) is 3.87. The maximum Gasteiger partial charge on any atom is -0.0219 e. The average Bonchev–Trinajstić information content (AvgIpc) is 2.16. The first-order valence-electron chi connectivity index (χ1n) is 5.04. The van der Waals surface area contributed by atoms with Gasteiger partial charge in [0.1, 0.15) is 0 Å². The van der Waals surface area contributed by atoms with Crippen LogP contribution in [0.5, 0.6) is 0 Å². The molecular weight excluding hydrogens is 168 g/mol. The summed E-state index contributed by atoms with van der Waals surface area (Å²) in [6.07, 6.45) is 5.89. The third-order valence-corrected chi connectivity index (χ3v) is 2.38. The van der Waals surface area contributed by atoms with Crippen molar-refractivity contribution in [2.75, 3.05) is 0 Å². The largest absolute Gasteiger partial charge is 0.0991 e. The quantitative estimate of drug-likeness (QED) is 0.617. The zero-order valence-electron chi connectivity index (χ0n) is 9.25. The summed E-state index contributed by atoms with van der Waals surface area (Å²) in [5, 5.41) is 0. The van der Waals surface area contributed by atoms with Gasteiger partial charge in [0.25, 0.3) is 0 Å². The molecule has 0 saturated carbocycles. The zero-order valence-corrected chi connectivity index (χ0v) is 9.25. The van der Waals surface area contributed by atoms with Crippen LogP contribution in [-0.2, 0) is 0 Å². The lowest BCUT2D eigenvalue weighted by molar-refractivity contribution is 0.865. The molecule has 0 N–H and O–H groups in total. The van der Waals surface area contributed by atoms with Crippen LogP contribution in [0.3, 0.4) is 0 Å². The highest BCUT2D eigenvalue weighted by atomic mass is 14.1. The highest BCUT2D eigenvalue weighted by Crippen LogP contribution is 2.19. The van der Waals surface area contributed by atoms with Gasteiger partial charge < -0.3 is 0 Å². The molecule has 0 atom stereocenters. The molecule has 0 aromatic heterocycles. The molecule has 1 aromatic rings. The van der Waals surface area contributed by atoms with Gasteiger partial charge >= 0.3 is 0 Å². The van der Waals surface area contributed by atoms with Crippen molar-refractivity contribution in [3.05, 3.63) is 53.6 Å². The average molecular weight is 186 g/mol. The first kappa shape index (κ1) is 10.8. The van der Waals surface area contributed by atoms with Gasteiger partial charge in [0, 0.05) is 0 Å². The first-order chi connectivity index (χ1) is 6.65. The zero-order chi connectivity index (χ0) is 10.6. The molecule has 0 fully saturated rings. The van der Waals surface area contributed by atoms with Crippen LogP contribution in [0.1, 0.15) is 36.5 Å². The van der Waals surface area contributed by atoms with Gasteiger partial charge in [-0.25, -0.2) is 0 Å². The predicted molar refractivity (Wildman–Crippen MR) is 64.5 cm³/mol. The van der Waals surface area contributed by atoms with E-state index in [9.17, 15) is 0 Å². The SMILES string of the molecule is C=C/C=C\c1cc(C(C)C)ccc1C. The molecule has 0 heterocycles. The summed E-state index contributed by atoms with van der Waals surface area (Å²) in [6.45, 7) is 10.2. The molecule has 0 heteroatoms. The standard InChI is InChI=1S/C14H18/c1-5-6-7-14-10-13(11(2)3)9-8-12(14)4/h5-11H,1H2,2-4H3/b7-6-. The van der Waals surface area contributed by atoms with E-state index in [0.29, 0.717) is 5.92 Å². The molecule has 0 aliphatic heterocycles. The Morgan fingerprint density at radius 2 is 2.00 bits per heavy atom. The lowest BCUT2D eigenvalue weighted by Gasteiger charge is -2.08. The van der Waals surface area contributed by atoms with E-state index in [4.69, 9.17) is 0 Å². The molecule has 14 heavy (non-hydrogen) atoms. The van der Waals surface area contributed by atoms with Crippen molar-refractivity contribution in [2.45, 2.75) is 26.7 Å². The molecule has 0 nitrogen and oxygen atoms in total. The second-order valence-electron chi connectivity index (χ2n) is 3.87. The third-order valence-electron chi connectivity index (χ3n) is 2.38. The second kappa shape index (κ2) is 4.80. The molecule has 0 aliphatic carbocycles. The Labute approximate surface area is 87.0 Å². The van der Waals surface area contributed by atoms with Crippen LogP contribution in [0.2, 0.25) is 0 Å². The maximum atomic E-state index is 3.68. The van der Waals surface area contributed by atoms with Gasteiger partial charge in [-0.2, -0.15) is 0 Å². The molecule has 1 aromatic carbocycles. The normalized spacial score (nSPS) is 11.1. The number of hydrogen-bond acceptors (Lipinski definition) is 0.